The van der Waals surface area contributed by atoms with E-state index in [2.05, 4.69) is 21.2 Å². The molecule has 0 aliphatic heterocycles. The van der Waals surface area contributed by atoms with Gasteiger partial charge in [-0.25, -0.2) is 4.39 Å². The molecule has 1 unspecified atom stereocenters. The van der Waals surface area contributed by atoms with Crippen LogP contribution >= 0.6 is 27.5 Å². The van der Waals surface area contributed by atoms with Gasteiger partial charge < -0.3 is 10.1 Å². The second kappa shape index (κ2) is 7.61. The van der Waals surface area contributed by atoms with Gasteiger partial charge in [0, 0.05) is 4.47 Å². The van der Waals surface area contributed by atoms with Crippen molar-refractivity contribution in [3.05, 3.63) is 63.3 Å². The predicted octanol–water partition coefficient (Wildman–Crippen LogP) is 4.50. The molecule has 0 bridgehead atoms. The van der Waals surface area contributed by atoms with Crippen LogP contribution in [0.15, 0.2) is 46.9 Å². The Kier molecular flexibility index (Phi) is 5.80. The van der Waals surface area contributed by atoms with E-state index in [1.54, 1.807) is 0 Å². The molecule has 1 amide bonds. The molecule has 3 nitrogen and oxygen atoms in total. The zero-order valence-corrected chi connectivity index (χ0v) is 14.1. The maximum absolute atomic E-state index is 12.9. The number of rotatable bonds is 5. The Labute approximate surface area is 141 Å². The van der Waals surface area contributed by atoms with Crippen LogP contribution in [0.4, 0.5) is 4.39 Å². The van der Waals surface area contributed by atoms with Gasteiger partial charge in [0.25, 0.3) is 5.91 Å². The average molecular weight is 387 g/mol. The molecule has 0 saturated carbocycles. The van der Waals surface area contributed by atoms with Gasteiger partial charge in [-0.05, 0) is 42.8 Å². The molecule has 2 rings (SSSR count). The SMILES string of the molecule is CC(NC(=O)COc1ccc(F)cc1Cl)c1ccc(Br)cc1. The van der Waals surface area contributed by atoms with Crippen molar-refractivity contribution in [1.82, 2.24) is 5.32 Å². The fourth-order valence-electron chi connectivity index (χ4n) is 1.85. The third-order valence-corrected chi connectivity index (χ3v) is 3.82. The first-order valence-corrected chi connectivity index (χ1v) is 7.75. The molecule has 1 N–H and O–H groups in total. The molecular formula is C16H14BrClFNO2. The van der Waals surface area contributed by atoms with Gasteiger partial charge >= 0.3 is 0 Å². The van der Waals surface area contributed by atoms with Crippen molar-refractivity contribution in [3.63, 3.8) is 0 Å². The number of halogens is 3. The summed E-state index contributed by atoms with van der Waals surface area (Å²) in [5.74, 6) is -0.462. The van der Waals surface area contributed by atoms with E-state index in [9.17, 15) is 9.18 Å². The van der Waals surface area contributed by atoms with Crippen LogP contribution in [0.25, 0.3) is 0 Å². The van der Waals surface area contributed by atoms with Crippen LogP contribution in [0.3, 0.4) is 0 Å². The quantitative estimate of drug-likeness (QED) is 0.822. The molecule has 0 aromatic heterocycles. The summed E-state index contributed by atoms with van der Waals surface area (Å²) < 4.78 is 19.2. The van der Waals surface area contributed by atoms with Crippen LogP contribution in [0.1, 0.15) is 18.5 Å². The maximum Gasteiger partial charge on any atom is 0.258 e. The molecule has 0 aliphatic carbocycles. The van der Waals surface area contributed by atoms with E-state index in [-0.39, 0.29) is 29.3 Å². The maximum atomic E-state index is 12.9. The van der Waals surface area contributed by atoms with Crippen molar-refractivity contribution < 1.29 is 13.9 Å². The second-order valence-corrected chi connectivity index (χ2v) is 6.03. The number of benzene rings is 2. The largest absolute Gasteiger partial charge is 0.482 e. The van der Waals surface area contributed by atoms with Gasteiger partial charge in [-0.15, -0.1) is 0 Å². The molecule has 0 fully saturated rings. The van der Waals surface area contributed by atoms with Gasteiger partial charge in [0.15, 0.2) is 6.61 Å². The molecule has 0 radical (unpaired) electrons. The Morgan fingerprint density at radius 3 is 2.64 bits per heavy atom. The number of ether oxygens (including phenoxy) is 1. The molecule has 116 valence electrons. The lowest BCUT2D eigenvalue weighted by molar-refractivity contribution is -0.123. The summed E-state index contributed by atoms with van der Waals surface area (Å²) in [6.07, 6.45) is 0. The fraction of sp³-hybridized carbons (Fsp3) is 0.188. The highest BCUT2D eigenvalue weighted by Crippen LogP contribution is 2.24. The molecular weight excluding hydrogens is 373 g/mol. The predicted molar refractivity (Wildman–Crippen MR) is 87.6 cm³/mol. The van der Waals surface area contributed by atoms with Crippen molar-refractivity contribution in [3.8, 4) is 5.75 Å². The lowest BCUT2D eigenvalue weighted by atomic mass is 10.1. The average Bonchev–Trinajstić information content (AvgIpc) is 2.47. The van der Waals surface area contributed by atoms with Gasteiger partial charge in [-0.3, -0.25) is 4.79 Å². The minimum absolute atomic E-state index is 0.133. The van der Waals surface area contributed by atoms with Crippen molar-refractivity contribution in [2.75, 3.05) is 6.61 Å². The number of carbonyl (C=O) groups excluding carboxylic acids is 1. The summed E-state index contributed by atoms with van der Waals surface area (Å²) in [5, 5.41) is 2.95. The zero-order chi connectivity index (χ0) is 16.1. The Bertz CT molecular complexity index is 664. The summed E-state index contributed by atoms with van der Waals surface area (Å²) >= 11 is 9.19. The van der Waals surface area contributed by atoms with Gasteiger partial charge in [0.05, 0.1) is 11.1 Å². The minimum atomic E-state index is -0.453. The molecule has 0 saturated heterocycles. The summed E-state index contributed by atoms with van der Waals surface area (Å²) in [6, 6.07) is 11.3. The van der Waals surface area contributed by atoms with E-state index < -0.39 is 5.82 Å². The number of hydrogen-bond acceptors (Lipinski definition) is 2. The van der Waals surface area contributed by atoms with E-state index in [0.29, 0.717) is 0 Å². The van der Waals surface area contributed by atoms with Gasteiger partial charge in [-0.1, -0.05) is 39.7 Å². The molecule has 0 heterocycles. The number of amides is 1. The molecule has 6 heteroatoms. The summed E-state index contributed by atoms with van der Waals surface area (Å²) in [5.41, 5.74) is 0.983. The number of nitrogens with one attached hydrogen (secondary N) is 1. The van der Waals surface area contributed by atoms with Crippen LogP contribution < -0.4 is 10.1 Å². The number of carbonyl (C=O) groups is 1. The van der Waals surface area contributed by atoms with Crippen LogP contribution in [0.5, 0.6) is 5.75 Å². The first-order valence-electron chi connectivity index (χ1n) is 6.58. The molecule has 2 aromatic carbocycles. The minimum Gasteiger partial charge on any atom is -0.482 e. The summed E-state index contributed by atoms with van der Waals surface area (Å²) in [6.45, 7) is 1.69. The van der Waals surface area contributed by atoms with E-state index in [1.807, 2.05) is 31.2 Å². The van der Waals surface area contributed by atoms with Gasteiger partial charge in [0.2, 0.25) is 0 Å². The second-order valence-electron chi connectivity index (χ2n) is 4.70. The van der Waals surface area contributed by atoms with Crippen LogP contribution in [-0.4, -0.2) is 12.5 Å². The van der Waals surface area contributed by atoms with Crippen molar-refractivity contribution in [2.45, 2.75) is 13.0 Å². The van der Waals surface area contributed by atoms with Crippen molar-refractivity contribution in [2.24, 2.45) is 0 Å². The molecule has 0 spiro atoms. The highest BCUT2D eigenvalue weighted by atomic mass is 79.9. The first kappa shape index (κ1) is 16.8. The van der Waals surface area contributed by atoms with Crippen LogP contribution in [-0.2, 0) is 4.79 Å². The lowest BCUT2D eigenvalue weighted by Crippen LogP contribution is -2.31. The van der Waals surface area contributed by atoms with E-state index >= 15 is 0 Å². The van der Waals surface area contributed by atoms with Crippen molar-refractivity contribution >= 4 is 33.4 Å². The Morgan fingerprint density at radius 1 is 1.32 bits per heavy atom. The van der Waals surface area contributed by atoms with E-state index in [4.69, 9.17) is 16.3 Å². The van der Waals surface area contributed by atoms with Crippen molar-refractivity contribution in [1.29, 1.82) is 0 Å². The zero-order valence-electron chi connectivity index (χ0n) is 11.8. The van der Waals surface area contributed by atoms with Gasteiger partial charge in [-0.2, -0.15) is 0 Å². The molecule has 1 atom stereocenters. The summed E-state index contributed by atoms with van der Waals surface area (Å²) in [7, 11) is 0. The Hall–Kier alpha value is -1.59. The molecule has 2 aromatic rings. The van der Waals surface area contributed by atoms with Crippen LogP contribution in [0.2, 0.25) is 5.02 Å². The summed E-state index contributed by atoms with van der Waals surface area (Å²) in [4.78, 5) is 11.9. The molecule has 22 heavy (non-hydrogen) atoms. The van der Waals surface area contributed by atoms with E-state index in [1.165, 1.54) is 12.1 Å². The first-order chi connectivity index (χ1) is 10.5. The topological polar surface area (TPSA) is 38.3 Å². The Balaban J connectivity index is 1.88. The normalized spacial score (nSPS) is 11.8. The van der Waals surface area contributed by atoms with Gasteiger partial charge in [0.1, 0.15) is 11.6 Å². The monoisotopic (exact) mass is 385 g/mol. The molecule has 0 aliphatic rings. The Morgan fingerprint density at radius 2 is 2.00 bits per heavy atom. The lowest BCUT2D eigenvalue weighted by Gasteiger charge is -2.15. The fourth-order valence-corrected chi connectivity index (χ4v) is 2.34. The van der Waals surface area contributed by atoms with E-state index in [0.717, 1.165) is 16.1 Å². The third kappa shape index (κ3) is 4.71. The van der Waals surface area contributed by atoms with Crippen LogP contribution in [0, 0.1) is 5.82 Å². The standard InChI is InChI=1S/C16H14BrClFNO2/c1-10(11-2-4-12(17)5-3-11)20-16(21)9-22-15-7-6-13(19)8-14(15)18/h2-8,10H,9H2,1H3,(H,20,21). The third-order valence-electron chi connectivity index (χ3n) is 3.00. The highest BCUT2D eigenvalue weighted by Gasteiger charge is 2.11. The highest BCUT2D eigenvalue weighted by molar-refractivity contribution is 9.10. The number of hydrogen-bond donors (Lipinski definition) is 1. The smallest absolute Gasteiger partial charge is 0.258 e.